The molecular formula is C17H22F3N3O. The summed E-state index contributed by atoms with van der Waals surface area (Å²) >= 11 is 0. The second-order valence-electron chi connectivity index (χ2n) is 6.49. The van der Waals surface area contributed by atoms with Gasteiger partial charge in [0.2, 0.25) is 5.91 Å². The van der Waals surface area contributed by atoms with E-state index in [9.17, 15) is 18.0 Å². The Bertz CT molecular complexity index is 577. The lowest BCUT2D eigenvalue weighted by atomic mass is 10.1. The standard InChI is InChI=1S/C17H22F3N3O/c18-17(19,20)15-3-1-2-13(10-15)12-22-6-8-23(9-7-22)16(24)14-4-5-21-11-14/h1-3,10,14,21H,4-9,11-12H2/t14-/m0/s1. The molecule has 1 amide bonds. The highest BCUT2D eigenvalue weighted by molar-refractivity contribution is 5.79. The molecule has 0 unspecified atom stereocenters. The highest BCUT2D eigenvalue weighted by Gasteiger charge is 2.31. The van der Waals surface area contributed by atoms with Gasteiger partial charge in [0.1, 0.15) is 0 Å². The summed E-state index contributed by atoms with van der Waals surface area (Å²) in [6, 6.07) is 5.47. The molecule has 2 aliphatic rings. The number of nitrogens with one attached hydrogen (secondary N) is 1. The van der Waals surface area contributed by atoms with Crippen LogP contribution in [0.2, 0.25) is 0 Å². The second kappa shape index (κ2) is 7.11. The summed E-state index contributed by atoms with van der Waals surface area (Å²) < 4.78 is 38.3. The van der Waals surface area contributed by atoms with Crippen molar-refractivity contribution in [2.75, 3.05) is 39.3 Å². The first kappa shape index (κ1) is 17.2. The SMILES string of the molecule is O=C([C@H]1CCNC1)N1CCN(Cc2cccc(C(F)(F)F)c2)CC1. The van der Waals surface area contributed by atoms with Crippen molar-refractivity contribution in [2.45, 2.75) is 19.1 Å². The minimum absolute atomic E-state index is 0.0833. The molecule has 0 saturated carbocycles. The van der Waals surface area contributed by atoms with Crippen LogP contribution >= 0.6 is 0 Å². The molecule has 2 fully saturated rings. The molecule has 24 heavy (non-hydrogen) atoms. The van der Waals surface area contributed by atoms with Gasteiger partial charge in [-0.05, 0) is 24.6 Å². The molecule has 2 saturated heterocycles. The molecule has 0 radical (unpaired) electrons. The number of carbonyl (C=O) groups excluding carboxylic acids is 1. The van der Waals surface area contributed by atoms with E-state index in [0.29, 0.717) is 38.3 Å². The van der Waals surface area contributed by atoms with Gasteiger partial charge in [-0.1, -0.05) is 18.2 Å². The Morgan fingerprint density at radius 2 is 1.96 bits per heavy atom. The fraction of sp³-hybridized carbons (Fsp3) is 0.588. The van der Waals surface area contributed by atoms with Crippen LogP contribution in [-0.2, 0) is 17.5 Å². The van der Waals surface area contributed by atoms with E-state index in [2.05, 4.69) is 10.2 Å². The summed E-state index contributed by atoms with van der Waals surface area (Å²) in [5, 5.41) is 3.20. The molecule has 0 spiro atoms. The van der Waals surface area contributed by atoms with E-state index in [1.54, 1.807) is 6.07 Å². The molecule has 7 heteroatoms. The van der Waals surface area contributed by atoms with Crippen LogP contribution in [0.15, 0.2) is 24.3 Å². The van der Waals surface area contributed by atoms with Crippen LogP contribution < -0.4 is 5.32 Å². The molecule has 2 aliphatic heterocycles. The Hall–Kier alpha value is -1.60. The van der Waals surface area contributed by atoms with Gasteiger partial charge in [-0.15, -0.1) is 0 Å². The zero-order valence-corrected chi connectivity index (χ0v) is 13.5. The highest BCUT2D eigenvalue weighted by Crippen LogP contribution is 2.29. The van der Waals surface area contributed by atoms with Gasteiger partial charge in [0.15, 0.2) is 0 Å². The van der Waals surface area contributed by atoms with Crippen LogP contribution in [0.4, 0.5) is 13.2 Å². The molecule has 3 rings (SSSR count). The highest BCUT2D eigenvalue weighted by atomic mass is 19.4. The summed E-state index contributed by atoms with van der Waals surface area (Å²) in [6.07, 6.45) is -3.42. The van der Waals surface area contributed by atoms with Crippen LogP contribution in [0.5, 0.6) is 0 Å². The van der Waals surface area contributed by atoms with Gasteiger partial charge >= 0.3 is 6.18 Å². The van der Waals surface area contributed by atoms with Gasteiger partial charge < -0.3 is 10.2 Å². The lowest BCUT2D eigenvalue weighted by Gasteiger charge is -2.36. The first-order chi connectivity index (χ1) is 11.4. The molecule has 2 heterocycles. The first-order valence-corrected chi connectivity index (χ1v) is 8.31. The van der Waals surface area contributed by atoms with Crippen molar-refractivity contribution in [1.82, 2.24) is 15.1 Å². The predicted molar refractivity (Wildman–Crippen MR) is 84.3 cm³/mol. The third kappa shape index (κ3) is 4.08. The van der Waals surface area contributed by atoms with Crippen LogP contribution in [0.25, 0.3) is 0 Å². The Morgan fingerprint density at radius 3 is 2.58 bits per heavy atom. The van der Waals surface area contributed by atoms with Crippen LogP contribution in [0.1, 0.15) is 17.5 Å². The maximum absolute atomic E-state index is 12.8. The number of carbonyl (C=O) groups is 1. The molecular weight excluding hydrogens is 319 g/mol. The van der Waals surface area contributed by atoms with E-state index in [-0.39, 0.29) is 11.8 Å². The fourth-order valence-corrected chi connectivity index (χ4v) is 3.35. The quantitative estimate of drug-likeness (QED) is 0.913. The molecule has 132 valence electrons. The van der Waals surface area contributed by atoms with Gasteiger partial charge in [0.25, 0.3) is 0 Å². The molecule has 1 aromatic rings. The van der Waals surface area contributed by atoms with Gasteiger partial charge in [0.05, 0.1) is 11.5 Å². The predicted octanol–water partition coefficient (Wildman–Crippen LogP) is 1.96. The zero-order chi connectivity index (χ0) is 17.2. The van der Waals surface area contributed by atoms with E-state index in [1.165, 1.54) is 12.1 Å². The molecule has 0 aromatic heterocycles. The first-order valence-electron chi connectivity index (χ1n) is 8.31. The number of alkyl halides is 3. The van der Waals surface area contributed by atoms with Gasteiger partial charge in [0, 0.05) is 39.3 Å². The summed E-state index contributed by atoms with van der Waals surface area (Å²) in [6.45, 7) is 4.82. The lowest BCUT2D eigenvalue weighted by molar-refractivity contribution is -0.138. The Labute approximate surface area is 139 Å². The number of piperazine rings is 1. The number of hydrogen-bond acceptors (Lipinski definition) is 3. The summed E-state index contributed by atoms with van der Waals surface area (Å²) in [4.78, 5) is 16.4. The average Bonchev–Trinajstić information content (AvgIpc) is 3.09. The monoisotopic (exact) mass is 341 g/mol. The van der Waals surface area contributed by atoms with E-state index >= 15 is 0 Å². The summed E-state index contributed by atoms with van der Waals surface area (Å²) in [5.41, 5.74) is 0.0483. The third-order valence-corrected chi connectivity index (χ3v) is 4.75. The van der Waals surface area contributed by atoms with Crippen molar-refractivity contribution in [3.8, 4) is 0 Å². The van der Waals surface area contributed by atoms with Gasteiger partial charge in [-0.25, -0.2) is 0 Å². The second-order valence-corrected chi connectivity index (χ2v) is 6.49. The fourth-order valence-electron chi connectivity index (χ4n) is 3.35. The number of halogens is 3. The van der Waals surface area contributed by atoms with E-state index < -0.39 is 11.7 Å². The molecule has 1 aromatic carbocycles. The van der Waals surface area contributed by atoms with Crippen molar-refractivity contribution in [1.29, 1.82) is 0 Å². The smallest absolute Gasteiger partial charge is 0.340 e. The van der Waals surface area contributed by atoms with Gasteiger partial charge in [-0.3, -0.25) is 9.69 Å². The number of rotatable bonds is 3. The van der Waals surface area contributed by atoms with Crippen molar-refractivity contribution >= 4 is 5.91 Å². The number of benzene rings is 1. The molecule has 4 nitrogen and oxygen atoms in total. The van der Waals surface area contributed by atoms with Crippen LogP contribution in [-0.4, -0.2) is 55.0 Å². The van der Waals surface area contributed by atoms with Crippen molar-refractivity contribution in [2.24, 2.45) is 5.92 Å². The van der Waals surface area contributed by atoms with E-state index in [4.69, 9.17) is 0 Å². The molecule has 0 bridgehead atoms. The summed E-state index contributed by atoms with van der Waals surface area (Å²) in [5.74, 6) is 0.290. The molecule has 1 atom stereocenters. The maximum Gasteiger partial charge on any atom is 0.416 e. The minimum atomic E-state index is -4.31. The Kier molecular flexibility index (Phi) is 5.10. The topological polar surface area (TPSA) is 35.6 Å². The van der Waals surface area contributed by atoms with Crippen molar-refractivity contribution in [3.63, 3.8) is 0 Å². The van der Waals surface area contributed by atoms with Crippen LogP contribution in [0.3, 0.4) is 0 Å². The Morgan fingerprint density at radius 1 is 1.21 bits per heavy atom. The molecule has 0 aliphatic carbocycles. The van der Waals surface area contributed by atoms with Crippen molar-refractivity contribution < 1.29 is 18.0 Å². The number of nitrogens with zero attached hydrogens (tertiary/aromatic N) is 2. The van der Waals surface area contributed by atoms with Crippen molar-refractivity contribution in [3.05, 3.63) is 35.4 Å². The number of hydrogen-bond donors (Lipinski definition) is 1. The lowest BCUT2D eigenvalue weighted by Crippen LogP contribution is -2.50. The maximum atomic E-state index is 12.8. The molecule has 1 N–H and O–H groups in total. The zero-order valence-electron chi connectivity index (χ0n) is 13.5. The normalized spacial score (nSPS) is 22.8. The average molecular weight is 341 g/mol. The third-order valence-electron chi connectivity index (χ3n) is 4.75. The van der Waals surface area contributed by atoms with Crippen LogP contribution in [0, 0.1) is 5.92 Å². The summed E-state index contributed by atoms with van der Waals surface area (Å²) in [7, 11) is 0. The van der Waals surface area contributed by atoms with E-state index in [0.717, 1.165) is 25.6 Å². The number of amides is 1. The van der Waals surface area contributed by atoms with Gasteiger partial charge in [-0.2, -0.15) is 13.2 Å². The largest absolute Gasteiger partial charge is 0.416 e. The minimum Gasteiger partial charge on any atom is -0.340 e. The Balaban J connectivity index is 1.53. The van der Waals surface area contributed by atoms with E-state index in [1.807, 2.05) is 4.90 Å².